The van der Waals surface area contributed by atoms with Gasteiger partial charge in [-0.3, -0.25) is 4.55 Å². The Morgan fingerprint density at radius 1 is 1.00 bits per heavy atom. The first-order valence-corrected chi connectivity index (χ1v) is 17.7. The molecule has 2 fully saturated rings. The molecular formula is C34H44F3N5O6S. The summed E-state index contributed by atoms with van der Waals surface area (Å²) in [6.45, 7) is 10.3. The number of likely N-dealkylation sites (tertiary alicyclic amines) is 1. The number of carbonyl (C=O) groups is 1. The Morgan fingerprint density at radius 2 is 1.61 bits per heavy atom. The minimum absolute atomic E-state index is 0.0501. The van der Waals surface area contributed by atoms with E-state index in [0.717, 1.165) is 30.9 Å². The lowest BCUT2D eigenvalue weighted by atomic mass is 9.84. The van der Waals surface area contributed by atoms with Crippen LogP contribution < -0.4 is 15.4 Å². The van der Waals surface area contributed by atoms with Gasteiger partial charge in [0.2, 0.25) is 5.95 Å². The van der Waals surface area contributed by atoms with Crippen LogP contribution in [0.3, 0.4) is 0 Å². The Labute approximate surface area is 285 Å². The summed E-state index contributed by atoms with van der Waals surface area (Å²) in [4.78, 5) is 24.3. The molecule has 1 amide bonds. The van der Waals surface area contributed by atoms with E-state index in [0.29, 0.717) is 55.8 Å². The van der Waals surface area contributed by atoms with E-state index in [4.69, 9.17) is 19.8 Å². The van der Waals surface area contributed by atoms with Gasteiger partial charge in [-0.2, -0.15) is 8.42 Å². The molecule has 3 atom stereocenters. The number of rotatable bonds is 9. The zero-order chi connectivity index (χ0) is 35.9. The molecule has 2 aliphatic heterocycles. The van der Waals surface area contributed by atoms with Gasteiger partial charge in [-0.05, 0) is 75.6 Å². The number of halogens is 3. The fourth-order valence-electron chi connectivity index (χ4n) is 5.93. The summed E-state index contributed by atoms with van der Waals surface area (Å²) in [6.07, 6.45) is 5.58. The van der Waals surface area contributed by atoms with Crippen LogP contribution in [0.25, 0.3) is 0 Å². The summed E-state index contributed by atoms with van der Waals surface area (Å²) in [7, 11) is -4.02. The second-order valence-electron chi connectivity index (χ2n) is 12.8. The molecule has 0 radical (unpaired) electrons. The zero-order valence-electron chi connectivity index (χ0n) is 28.1. The molecule has 268 valence electrons. The number of aromatic nitrogens is 2. The average Bonchev–Trinajstić information content (AvgIpc) is 3.44. The van der Waals surface area contributed by atoms with Crippen LogP contribution in [0.15, 0.2) is 53.7 Å². The third-order valence-corrected chi connectivity index (χ3v) is 9.67. The SMILES string of the molecule is CC(C)OC(=O)N1CCC([C@H](C)CCOc2cnc(N3C[C@@H](N)[C@H](c4cc(F)c(F)cc4F)C3)nc2)CC1.Cc1ccc(S(=O)(=O)O)cc1. The highest BCUT2D eigenvalue weighted by atomic mass is 32.2. The smallest absolute Gasteiger partial charge is 0.410 e. The molecule has 1 aromatic heterocycles. The van der Waals surface area contributed by atoms with Gasteiger partial charge in [0, 0.05) is 44.2 Å². The molecule has 49 heavy (non-hydrogen) atoms. The van der Waals surface area contributed by atoms with Crippen molar-refractivity contribution in [2.24, 2.45) is 17.6 Å². The minimum atomic E-state index is -4.02. The molecule has 5 rings (SSSR count). The molecule has 0 aliphatic carbocycles. The van der Waals surface area contributed by atoms with Gasteiger partial charge in [0.1, 0.15) is 5.82 Å². The second kappa shape index (κ2) is 16.6. The highest BCUT2D eigenvalue weighted by Crippen LogP contribution is 2.32. The lowest BCUT2D eigenvalue weighted by molar-refractivity contribution is 0.0596. The number of carbonyl (C=O) groups excluding carboxylic acids is 1. The Morgan fingerprint density at radius 3 is 2.20 bits per heavy atom. The standard InChI is InChI=1S/C27H36F3N5O3.C7H8O3S/c1-16(2)38-27(36)34-7-4-18(5-8-34)17(3)6-9-37-19-12-32-26(33-13-19)35-14-21(25(31)15-35)20-10-23(29)24(30)11-22(20)28;1-6-2-4-7(5-3-6)11(8,9)10/h10-13,16-18,21,25H,4-9,14-15,31H2,1-3H3;2-5H,1H3,(H,8,9,10)/t17-,21+,25-;/m1./s1. The van der Waals surface area contributed by atoms with Crippen molar-refractivity contribution < 1.29 is 40.4 Å². The second-order valence-corrected chi connectivity index (χ2v) is 14.3. The molecule has 0 spiro atoms. The fraction of sp³-hybridized carbons (Fsp3) is 0.500. The molecule has 2 aromatic carbocycles. The van der Waals surface area contributed by atoms with Crippen LogP contribution in [-0.4, -0.2) is 78.9 Å². The number of anilines is 1. The first-order chi connectivity index (χ1) is 23.1. The van der Waals surface area contributed by atoms with Crippen LogP contribution in [0, 0.1) is 36.2 Å². The van der Waals surface area contributed by atoms with Crippen molar-refractivity contribution >= 4 is 22.2 Å². The van der Waals surface area contributed by atoms with Crippen molar-refractivity contribution in [1.82, 2.24) is 14.9 Å². The molecule has 11 nitrogen and oxygen atoms in total. The van der Waals surface area contributed by atoms with E-state index in [9.17, 15) is 26.4 Å². The largest absolute Gasteiger partial charge is 0.490 e. The predicted molar refractivity (Wildman–Crippen MR) is 177 cm³/mol. The van der Waals surface area contributed by atoms with Gasteiger partial charge in [-0.1, -0.05) is 24.6 Å². The number of ether oxygens (including phenoxy) is 2. The number of piperidine rings is 1. The van der Waals surface area contributed by atoms with E-state index in [1.165, 1.54) is 12.1 Å². The summed E-state index contributed by atoms with van der Waals surface area (Å²) in [5.74, 6) is -1.74. The molecular weight excluding hydrogens is 663 g/mol. The van der Waals surface area contributed by atoms with Gasteiger partial charge in [-0.15, -0.1) is 0 Å². The van der Waals surface area contributed by atoms with Crippen molar-refractivity contribution in [3.05, 3.63) is 77.4 Å². The lowest BCUT2D eigenvalue weighted by Crippen LogP contribution is -2.41. The molecule has 0 bridgehead atoms. The van der Waals surface area contributed by atoms with Crippen molar-refractivity contribution in [2.45, 2.75) is 69.9 Å². The van der Waals surface area contributed by atoms with Gasteiger partial charge in [0.05, 0.1) is 30.0 Å². The van der Waals surface area contributed by atoms with Gasteiger partial charge in [0.15, 0.2) is 17.4 Å². The maximum atomic E-state index is 14.3. The maximum Gasteiger partial charge on any atom is 0.410 e. The molecule has 2 saturated heterocycles. The van der Waals surface area contributed by atoms with Crippen LogP contribution in [-0.2, 0) is 14.9 Å². The summed E-state index contributed by atoms with van der Waals surface area (Å²) in [6, 6.07) is 6.93. The first-order valence-electron chi connectivity index (χ1n) is 16.2. The Balaban J connectivity index is 0.000000418. The molecule has 15 heteroatoms. The molecule has 3 heterocycles. The minimum Gasteiger partial charge on any atom is -0.490 e. The number of hydrogen-bond donors (Lipinski definition) is 2. The Bertz CT molecular complexity index is 1660. The van der Waals surface area contributed by atoms with E-state index in [1.807, 2.05) is 20.8 Å². The number of nitrogens with two attached hydrogens (primary N) is 1. The fourth-order valence-corrected chi connectivity index (χ4v) is 6.41. The number of benzene rings is 2. The number of amides is 1. The average molecular weight is 708 g/mol. The van der Waals surface area contributed by atoms with Crippen LogP contribution >= 0.6 is 0 Å². The van der Waals surface area contributed by atoms with Crippen molar-refractivity contribution in [2.75, 3.05) is 37.7 Å². The van der Waals surface area contributed by atoms with Crippen LogP contribution in [0.5, 0.6) is 5.75 Å². The Kier molecular flexibility index (Phi) is 12.9. The Hall–Kier alpha value is -3.95. The van der Waals surface area contributed by atoms with E-state index in [1.54, 1.807) is 34.3 Å². The van der Waals surface area contributed by atoms with Crippen LogP contribution in [0.1, 0.15) is 57.1 Å². The van der Waals surface area contributed by atoms with E-state index >= 15 is 0 Å². The van der Waals surface area contributed by atoms with Crippen molar-refractivity contribution in [1.29, 1.82) is 0 Å². The molecule has 0 saturated carbocycles. The highest BCUT2D eigenvalue weighted by molar-refractivity contribution is 7.85. The number of nitrogens with zero attached hydrogens (tertiary/aromatic N) is 4. The first kappa shape index (κ1) is 37.9. The lowest BCUT2D eigenvalue weighted by Gasteiger charge is -2.34. The van der Waals surface area contributed by atoms with Gasteiger partial charge < -0.3 is 25.0 Å². The normalized spacial score (nSPS) is 19.0. The highest BCUT2D eigenvalue weighted by Gasteiger charge is 2.35. The summed E-state index contributed by atoms with van der Waals surface area (Å²) in [5.41, 5.74) is 7.20. The summed E-state index contributed by atoms with van der Waals surface area (Å²) < 4.78 is 82.0. The third kappa shape index (κ3) is 10.5. The monoisotopic (exact) mass is 707 g/mol. The van der Waals surface area contributed by atoms with Crippen LogP contribution in [0.4, 0.5) is 23.9 Å². The predicted octanol–water partition coefficient (Wildman–Crippen LogP) is 5.73. The number of hydrogen-bond acceptors (Lipinski definition) is 9. The summed E-state index contributed by atoms with van der Waals surface area (Å²) >= 11 is 0. The third-order valence-electron chi connectivity index (χ3n) is 8.80. The molecule has 3 aromatic rings. The molecule has 3 N–H and O–H groups in total. The van der Waals surface area contributed by atoms with Crippen molar-refractivity contribution in [3.8, 4) is 5.75 Å². The van der Waals surface area contributed by atoms with E-state index in [2.05, 4.69) is 16.9 Å². The zero-order valence-corrected chi connectivity index (χ0v) is 28.9. The van der Waals surface area contributed by atoms with Crippen LogP contribution in [0.2, 0.25) is 0 Å². The maximum absolute atomic E-state index is 14.3. The van der Waals surface area contributed by atoms with Gasteiger partial charge in [-0.25, -0.2) is 27.9 Å². The van der Waals surface area contributed by atoms with E-state index < -0.39 is 39.5 Å². The number of aryl methyl sites for hydroxylation is 1. The topological polar surface area (TPSA) is 148 Å². The molecule has 0 unspecified atom stereocenters. The quantitative estimate of drug-likeness (QED) is 0.209. The van der Waals surface area contributed by atoms with Gasteiger partial charge in [0.25, 0.3) is 10.1 Å². The van der Waals surface area contributed by atoms with E-state index in [-0.39, 0.29) is 29.2 Å². The van der Waals surface area contributed by atoms with Gasteiger partial charge >= 0.3 is 6.09 Å². The summed E-state index contributed by atoms with van der Waals surface area (Å²) in [5, 5.41) is 0. The molecule has 2 aliphatic rings. The van der Waals surface area contributed by atoms with Crippen molar-refractivity contribution in [3.63, 3.8) is 0 Å².